The maximum Gasteiger partial charge on any atom is 0.276 e. The maximum atomic E-state index is 12.9. The van der Waals surface area contributed by atoms with Gasteiger partial charge in [0.25, 0.3) is 5.91 Å². The van der Waals surface area contributed by atoms with Gasteiger partial charge in [-0.15, -0.1) is 0 Å². The van der Waals surface area contributed by atoms with Crippen LogP contribution in [0.4, 0.5) is 5.69 Å². The van der Waals surface area contributed by atoms with Gasteiger partial charge in [0.05, 0.1) is 43.8 Å². The highest BCUT2D eigenvalue weighted by atomic mass is 35.5. The Morgan fingerprint density at radius 3 is 2.75 bits per heavy atom. The molecule has 9 nitrogen and oxygen atoms in total. The molecule has 0 spiro atoms. The Labute approximate surface area is 188 Å². The number of nitrogens with zero attached hydrogens (tertiary/aromatic N) is 2. The monoisotopic (exact) mass is 457 g/mol. The van der Waals surface area contributed by atoms with Crippen LogP contribution in [0, 0.1) is 0 Å². The van der Waals surface area contributed by atoms with Crippen LogP contribution in [0.5, 0.6) is 23.0 Å². The summed E-state index contributed by atoms with van der Waals surface area (Å²) in [6, 6.07) is 10.6. The van der Waals surface area contributed by atoms with E-state index in [4.69, 9.17) is 35.3 Å². The van der Waals surface area contributed by atoms with Gasteiger partial charge >= 0.3 is 0 Å². The van der Waals surface area contributed by atoms with E-state index in [2.05, 4.69) is 10.4 Å². The Kier molecular flexibility index (Phi) is 5.28. The minimum absolute atomic E-state index is 0.214. The molecule has 1 aromatic heterocycles. The molecule has 0 fully saturated rings. The third-order valence-corrected chi connectivity index (χ3v) is 5.65. The molecule has 0 aliphatic carbocycles. The van der Waals surface area contributed by atoms with Crippen molar-refractivity contribution < 1.29 is 28.5 Å². The van der Waals surface area contributed by atoms with Crippen LogP contribution in [-0.2, 0) is 17.9 Å². The van der Waals surface area contributed by atoms with Gasteiger partial charge in [0, 0.05) is 12.1 Å². The van der Waals surface area contributed by atoms with Crippen molar-refractivity contribution in [3.8, 4) is 23.0 Å². The van der Waals surface area contributed by atoms with Gasteiger partial charge in [0.2, 0.25) is 6.79 Å². The minimum Gasteiger partial charge on any atom is -0.495 e. The number of hydrogen-bond donors (Lipinski definition) is 1. The van der Waals surface area contributed by atoms with E-state index in [-0.39, 0.29) is 24.5 Å². The summed E-state index contributed by atoms with van der Waals surface area (Å²) >= 11 is 6.14. The van der Waals surface area contributed by atoms with Crippen molar-refractivity contribution in [3.05, 3.63) is 58.4 Å². The fourth-order valence-corrected chi connectivity index (χ4v) is 3.93. The molecule has 3 heterocycles. The number of carbonyl (C=O) groups is 1. The van der Waals surface area contributed by atoms with Crippen LogP contribution in [0.3, 0.4) is 0 Å². The first-order chi connectivity index (χ1) is 15.6. The molecule has 32 heavy (non-hydrogen) atoms. The lowest BCUT2D eigenvalue weighted by atomic mass is 10.1. The van der Waals surface area contributed by atoms with E-state index in [1.54, 1.807) is 22.9 Å². The molecular formula is C22H20ClN3O6. The number of hydrogen-bond acceptors (Lipinski definition) is 7. The first-order valence-electron chi connectivity index (χ1n) is 9.86. The molecule has 166 valence electrons. The quantitative estimate of drug-likeness (QED) is 0.622. The second-order valence-corrected chi connectivity index (χ2v) is 7.66. The van der Waals surface area contributed by atoms with Crippen molar-refractivity contribution in [2.45, 2.75) is 19.3 Å². The number of anilines is 1. The van der Waals surface area contributed by atoms with Crippen LogP contribution in [0.2, 0.25) is 5.02 Å². The number of nitrogens with one attached hydrogen (secondary N) is 1. The van der Waals surface area contributed by atoms with Crippen LogP contribution in [0.25, 0.3) is 0 Å². The predicted octanol–water partition coefficient (Wildman–Crippen LogP) is 3.81. The number of benzene rings is 2. The van der Waals surface area contributed by atoms with E-state index in [0.717, 1.165) is 17.0 Å². The van der Waals surface area contributed by atoms with Gasteiger partial charge < -0.3 is 29.0 Å². The van der Waals surface area contributed by atoms with E-state index in [0.29, 0.717) is 41.1 Å². The Bertz CT molecular complexity index is 1190. The topological polar surface area (TPSA) is 93.1 Å². The van der Waals surface area contributed by atoms with Crippen molar-refractivity contribution >= 4 is 23.2 Å². The lowest BCUT2D eigenvalue weighted by molar-refractivity contribution is -0.00127. The molecule has 2 aliphatic rings. The van der Waals surface area contributed by atoms with Crippen LogP contribution >= 0.6 is 11.6 Å². The molecule has 1 N–H and O–H groups in total. The molecule has 0 saturated heterocycles. The van der Waals surface area contributed by atoms with Crippen LogP contribution in [-0.4, -0.2) is 36.7 Å². The highest BCUT2D eigenvalue weighted by molar-refractivity contribution is 6.32. The van der Waals surface area contributed by atoms with E-state index in [1.165, 1.54) is 14.2 Å². The van der Waals surface area contributed by atoms with Crippen LogP contribution in [0.15, 0.2) is 36.4 Å². The fraction of sp³-hybridized carbons (Fsp3) is 0.273. The highest BCUT2D eigenvalue weighted by Crippen LogP contribution is 2.37. The van der Waals surface area contributed by atoms with Crippen molar-refractivity contribution in [3.63, 3.8) is 0 Å². The van der Waals surface area contributed by atoms with Gasteiger partial charge in [0.1, 0.15) is 17.6 Å². The van der Waals surface area contributed by atoms with Gasteiger partial charge in [-0.25, -0.2) is 0 Å². The number of ether oxygens (including phenoxy) is 5. The van der Waals surface area contributed by atoms with E-state index < -0.39 is 0 Å². The molecule has 1 atom stereocenters. The Hall–Kier alpha value is -3.43. The molecule has 0 unspecified atom stereocenters. The highest BCUT2D eigenvalue weighted by Gasteiger charge is 2.26. The molecule has 5 rings (SSSR count). The molecule has 10 heteroatoms. The van der Waals surface area contributed by atoms with Gasteiger partial charge in [0.15, 0.2) is 17.2 Å². The van der Waals surface area contributed by atoms with Gasteiger partial charge in [-0.1, -0.05) is 17.7 Å². The third kappa shape index (κ3) is 3.69. The average Bonchev–Trinajstić information content (AvgIpc) is 3.45. The first-order valence-corrected chi connectivity index (χ1v) is 10.2. The summed E-state index contributed by atoms with van der Waals surface area (Å²) in [5.74, 6) is 1.88. The number of aromatic nitrogens is 2. The molecule has 1 amide bonds. The summed E-state index contributed by atoms with van der Waals surface area (Å²) in [5.41, 5.74) is 2.47. The summed E-state index contributed by atoms with van der Waals surface area (Å²) in [5, 5.41) is 7.67. The smallest absolute Gasteiger partial charge is 0.276 e. The van der Waals surface area contributed by atoms with Crippen molar-refractivity contribution in [2.24, 2.45) is 0 Å². The largest absolute Gasteiger partial charge is 0.495 e. The molecule has 3 aromatic rings. The average molecular weight is 458 g/mol. The zero-order valence-corrected chi connectivity index (χ0v) is 18.1. The molecular weight excluding hydrogens is 438 g/mol. The molecule has 0 radical (unpaired) electrons. The Balaban J connectivity index is 1.34. The summed E-state index contributed by atoms with van der Waals surface area (Å²) in [7, 11) is 3.00. The fourth-order valence-electron chi connectivity index (χ4n) is 3.70. The Morgan fingerprint density at radius 1 is 1.12 bits per heavy atom. The standard InChI is InChI=1S/C22H20ClN3O6/c1-28-18-8-15(19(29-2)7-14(18)23)24-22(27)16-6-13-10-30-21(9-26(13)25-16)12-3-4-17-20(5-12)32-11-31-17/h3-8,21H,9-11H2,1-2H3,(H,24,27)/t21-/m0/s1. The van der Waals surface area contributed by atoms with Crippen molar-refractivity contribution in [2.75, 3.05) is 26.3 Å². The number of halogens is 1. The van der Waals surface area contributed by atoms with E-state index in [9.17, 15) is 4.79 Å². The number of amides is 1. The normalized spacial score (nSPS) is 16.4. The number of methoxy groups -OCH3 is 2. The molecule has 0 bridgehead atoms. The second kappa shape index (κ2) is 8.25. The SMILES string of the molecule is COc1cc(NC(=O)c2cc3n(n2)C[C@@H](c2ccc4c(c2)OCO4)OC3)c(OC)cc1Cl. The van der Waals surface area contributed by atoms with E-state index in [1.807, 2.05) is 18.2 Å². The second-order valence-electron chi connectivity index (χ2n) is 7.26. The first kappa shape index (κ1) is 20.5. The van der Waals surface area contributed by atoms with E-state index >= 15 is 0 Å². The summed E-state index contributed by atoms with van der Waals surface area (Å²) in [6.45, 7) is 1.02. The predicted molar refractivity (Wildman–Crippen MR) is 115 cm³/mol. The summed E-state index contributed by atoms with van der Waals surface area (Å²) in [6.07, 6.45) is -0.214. The van der Waals surface area contributed by atoms with Crippen LogP contribution in [0.1, 0.15) is 27.8 Å². The molecule has 2 aliphatic heterocycles. The Morgan fingerprint density at radius 2 is 1.94 bits per heavy atom. The third-order valence-electron chi connectivity index (χ3n) is 5.36. The van der Waals surface area contributed by atoms with Crippen molar-refractivity contribution in [1.29, 1.82) is 0 Å². The molecule has 2 aromatic carbocycles. The summed E-state index contributed by atoms with van der Waals surface area (Å²) < 4.78 is 29.2. The summed E-state index contributed by atoms with van der Waals surface area (Å²) in [4.78, 5) is 12.9. The zero-order chi connectivity index (χ0) is 22.2. The lowest BCUT2D eigenvalue weighted by Gasteiger charge is -2.24. The number of rotatable bonds is 5. The number of carbonyl (C=O) groups excluding carboxylic acids is 1. The molecule has 0 saturated carbocycles. The van der Waals surface area contributed by atoms with Crippen molar-refractivity contribution in [1.82, 2.24) is 9.78 Å². The zero-order valence-electron chi connectivity index (χ0n) is 17.4. The maximum absolute atomic E-state index is 12.9. The van der Waals surface area contributed by atoms with Gasteiger partial charge in [-0.3, -0.25) is 9.48 Å². The van der Waals surface area contributed by atoms with Crippen LogP contribution < -0.4 is 24.3 Å². The number of fused-ring (bicyclic) bond motifs is 2. The van der Waals surface area contributed by atoms with Gasteiger partial charge in [-0.05, 0) is 23.8 Å². The lowest BCUT2D eigenvalue weighted by Crippen LogP contribution is -2.22. The minimum atomic E-state index is -0.380. The van der Waals surface area contributed by atoms with Gasteiger partial charge in [-0.2, -0.15) is 5.10 Å².